The Morgan fingerprint density at radius 1 is 1.47 bits per heavy atom. The van der Waals surface area contributed by atoms with Gasteiger partial charge in [-0.1, -0.05) is 26.8 Å². The van der Waals surface area contributed by atoms with Crippen molar-refractivity contribution in [1.82, 2.24) is 14.6 Å². The number of anilines is 1. The van der Waals surface area contributed by atoms with Crippen molar-refractivity contribution in [1.29, 1.82) is 0 Å². The van der Waals surface area contributed by atoms with Gasteiger partial charge in [0.25, 0.3) is 0 Å². The van der Waals surface area contributed by atoms with E-state index in [1.165, 1.54) is 0 Å². The average molecular weight is 258 g/mol. The van der Waals surface area contributed by atoms with Crippen LogP contribution in [0.25, 0.3) is 5.52 Å². The van der Waals surface area contributed by atoms with Crippen LogP contribution >= 0.6 is 0 Å². The second-order valence-electron chi connectivity index (χ2n) is 5.95. The number of aromatic nitrogens is 3. The lowest BCUT2D eigenvalue weighted by Gasteiger charge is -2.13. The molecule has 4 nitrogen and oxygen atoms in total. The molecule has 0 spiro atoms. The fourth-order valence-electron chi connectivity index (χ4n) is 1.94. The maximum atomic E-state index is 4.61. The van der Waals surface area contributed by atoms with Crippen LogP contribution in [0.4, 0.5) is 5.82 Å². The lowest BCUT2D eigenvalue weighted by atomic mass is 9.92. The molecule has 2 heterocycles. The molecule has 0 saturated heterocycles. The normalized spacial score (nSPS) is 13.5. The molecule has 0 aromatic carbocycles. The Morgan fingerprint density at radius 2 is 2.21 bits per heavy atom. The highest BCUT2D eigenvalue weighted by molar-refractivity contribution is 5.68. The molecule has 0 radical (unpaired) electrons. The maximum absolute atomic E-state index is 4.61. The van der Waals surface area contributed by atoms with E-state index in [1.807, 2.05) is 16.8 Å². The quantitative estimate of drug-likeness (QED) is 0.855. The number of nitrogens with zero attached hydrogens (tertiary/aromatic N) is 3. The van der Waals surface area contributed by atoms with Gasteiger partial charge in [0, 0.05) is 23.9 Å². The largest absolute Gasteiger partial charge is 0.366 e. The first kappa shape index (κ1) is 13.6. The van der Waals surface area contributed by atoms with Gasteiger partial charge < -0.3 is 5.32 Å². The van der Waals surface area contributed by atoms with E-state index in [9.17, 15) is 0 Å². The molecule has 0 saturated carbocycles. The Morgan fingerprint density at radius 3 is 2.84 bits per heavy atom. The van der Waals surface area contributed by atoms with E-state index >= 15 is 0 Å². The standard InChI is InChI=1S/C15H22N4/c1-6-7-11(2)17-14-12-10-13(15(3,4)5)18-19(12)9-8-16-14/h6,8-11H,1,7H2,2-5H3,(H,16,17). The van der Waals surface area contributed by atoms with Crippen molar-refractivity contribution in [3.8, 4) is 0 Å². The Bertz CT molecular complexity index is 577. The van der Waals surface area contributed by atoms with Gasteiger partial charge in [0.1, 0.15) is 5.52 Å². The Kier molecular flexibility index (Phi) is 3.60. The average Bonchev–Trinajstić information content (AvgIpc) is 2.74. The Balaban J connectivity index is 2.39. The van der Waals surface area contributed by atoms with E-state index < -0.39 is 0 Å². The van der Waals surface area contributed by atoms with Crippen LogP contribution in [-0.4, -0.2) is 20.6 Å². The summed E-state index contributed by atoms with van der Waals surface area (Å²) in [5.74, 6) is 0.875. The molecule has 0 fully saturated rings. The molecule has 0 aliphatic carbocycles. The van der Waals surface area contributed by atoms with Gasteiger partial charge in [-0.2, -0.15) is 5.10 Å². The van der Waals surface area contributed by atoms with E-state index in [4.69, 9.17) is 0 Å². The van der Waals surface area contributed by atoms with Gasteiger partial charge in [0.05, 0.1) is 5.69 Å². The molecular formula is C15H22N4. The van der Waals surface area contributed by atoms with Crippen LogP contribution in [0.1, 0.15) is 39.8 Å². The molecular weight excluding hydrogens is 236 g/mol. The minimum absolute atomic E-state index is 0.0377. The summed E-state index contributed by atoms with van der Waals surface area (Å²) < 4.78 is 1.89. The Labute approximate surface area is 114 Å². The SMILES string of the molecule is C=CCC(C)Nc1nccn2nc(C(C)(C)C)cc12. The molecule has 0 bridgehead atoms. The topological polar surface area (TPSA) is 42.2 Å². The Hall–Kier alpha value is -1.84. The van der Waals surface area contributed by atoms with Gasteiger partial charge in [-0.25, -0.2) is 9.50 Å². The number of hydrogen-bond donors (Lipinski definition) is 1. The van der Waals surface area contributed by atoms with Crippen molar-refractivity contribution < 1.29 is 0 Å². The van der Waals surface area contributed by atoms with Crippen LogP contribution in [0.15, 0.2) is 31.1 Å². The van der Waals surface area contributed by atoms with Crippen LogP contribution in [0.5, 0.6) is 0 Å². The highest BCUT2D eigenvalue weighted by atomic mass is 15.2. The molecule has 0 amide bonds. The van der Waals surface area contributed by atoms with Crippen LogP contribution in [0.2, 0.25) is 0 Å². The van der Waals surface area contributed by atoms with Crippen molar-refractivity contribution in [3.05, 3.63) is 36.8 Å². The van der Waals surface area contributed by atoms with Gasteiger partial charge in [0.2, 0.25) is 0 Å². The fraction of sp³-hybridized carbons (Fsp3) is 0.467. The first-order valence-corrected chi connectivity index (χ1v) is 6.64. The molecule has 1 unspecified atom stereocenters. The first-order valence-electron chi connectivity index (χ1n) is 6.64. The molecule has 0 aliphatic rings. The lowest BCUT2D eigenvalue weighted by Crippen LogP contribution is -2.15. The molecule has 19 heavy (non-hydrogen) atoms. The summed E-state index contributed by atoms with van der Waals surface area (Å²) in [4.78, 5) is 4.42. The zero-order valence-corrected chi connectivity index (χ0v) is 12.1. The summed E-state index contributed by atoms with van der Waals surface area (Å²) >= 11 is 0. The number of hydrogen-bond acceptors (Lipinski definition) is 3. The van der Waals surface area contributed by atoms with E-state index in [0.717, 1.165) is 23.4 Å². The molecule has 1 atom stereocenters. The third-order valence-corrected chi connectivity index (χ3v) is 3.06. The van der Waals surface area contributed by atoms with Gasteiger partial charge in [0.15, 0.2) is 5.82 Å². The summed E-state index contributed by atoms with van der Waals surface area (Å²) in [5.41, 5.74) is 2.12. The minimum atomic E-state index is 0.0377. The van der Waals surface area contributed by atoms with Crippen molar-refractivity contribution in [2.75, 3.05) is 5.32 Å². The summed E-state index contributed by atoms with van der Waals surface area (Å²) in [6, 6.07) is 2.42. The van der Waals surface area contributed by atoms with Crippen molar-refractivity contribution in [2.45, 2.75) is 45.6 Å². The van der Waals surface area contributed by atoms with E-state index in [-0.39, 0.29) is 5.41 Å². The molecule has 102 valence electrons. The van der Waals surface area contributed by atoms with E-state index in [1.54, 1.807) is 6.20 Å². The third kappa shape index (κ3) is 2.95. The van der Waals surface area contributed by atoms with E-state index in [0.29, 0.717) is 6.04 Å². The number of rotatable bonds is 4. The second-order valence-corrected chi connectivity index (χ2v) is 5.95. The first-order chi connectivity index (χ1) is 8.91. The van der Waals surface area contributed by atoms with Crippen molar-refractivity contribution in [2.24, 2.45) is 0 Å². The molecule has 2 rings (SSSR count). The zero-order chi connectivity index (χ0) is 14.0. The molecule has 2 aromatic rings. The van der Waals surface area contributed by atoms with Gasteiger partial charge >= 0.3 is 0 Å². The van der Waals surface area contributed by atoms with Crippen LogP contribution < -0.4 is 5.32 Å². The highest BCUT2D eigenvalue weighted by Crippen LogP contribution is 2.24. The van der Waals surface area contributed by atoms with Crippen LogP contribution in [0.3, 0.4) is 0 Å². The number of fused-ring (bicyclic) bond motifs is 1. The monoisotopic (exact) mass is 258 g/mol. The summed E-state index contributed by atoms with van der Waals surface area (Å²) in [7, 11) is 0. The van der Waals surface area contributed by atoms with Crippen molar-refractivity contribution in [3.63, 3.8) is 0 Å². The molecule has 1 N–H and O–H groups in total. The van der Waals surface area contributed by atoms with Gasteiger partial charge in [-0.15, -0.1) is 6.58 Å². The van der Waals surface area contributed by atoms with E-state index in [2.05, 4.69) is 55.7 Å². The predicted octanol–water partition coefficient (Wildman–Crippen LogP) is 3.40. The van der Waals surface area contributed by atoms with Gasteiger partial charge in [-0.05, 0) is 19.4 Å². The fourth-order valence-corrected chi connectivity index (χ4v) is 1.94. The van der Waals surface area contributed by atoms with Crippen molar-refractivity contribution >= 4 is 11.3 Å². The summed E-state index contributed by atoms with van der Waals surface area (Å²) in [6.45, 7) is 12.4. The van der Waals surface area contributed by atoms with Crippen LogP contribution in [0, 0.1) is 0 Å². The zero-order valence-electron chi connectivity index (χ0n) is 12.1. The van der Waals surface area contributed by atoms with Gasteiger partial charge in [-0.3, -0.25) is 0 Å². The molecule has 4 heteroatoms. The summed E-state index contributed by atoms with van der Waals surface area (Å²) in [6.07, 6.45) is 6.47. The lowest BCUT2D eigenvalue weighted by molar-refractivity contribution is 0.562. The second kappa shape index (κ2) is 5.03. The predicted molar refractivity (Wildman–Crippen MR) is 79.6 cm³/mol. The molecule has 0 aliphatic heterocycles. The van der Waals surface area contributed by atoms with Crippen LogP contribution in [-0.2, 0) is 5.41 Å². The smallest absolute Gasteiger partial charge is 0.152 e. The summed E-state index contributed by atoms with van der Waals surface area (Å²) in [5, 5.41) is 8.02. The molecule has 2 aromatic heterocycles. The minimum Gasteiger partial charge on any atom is -0.366 e. The highest BCUT2D eigenvalue weighted by Gasteiger charge is 2.19. The maximum Gasteiger partial charge on any atom is 0.152 e. The number of nitrogens with one attached hydrogen (secondary N) is 1. The third-order valence-electron chi connectivity index (χ3n) is 3.06.